The third-order valence-corrected chi connectivity index (χ3v) is 1.35. The summed E-state index contributed by atoms with van der Waals surface area (Å²) < 4.78 is 28.8. The lowest BCUT2D eigenvalue weighted by Gasteiger charge is -2.22. The van der Waals surface area contributed by atoms with Gasteiger partial charge in [0, 0.05) is 13.1 Å². The standard InChI is InChI=1S/C8H16F2N2O2/c1-6(2)14-8(13)12(4-3-11)5-7(9)10/h6-7H,3-5,11H2,1-2H3. The van der Waals surface area contributed by atoms with Crippen LogP contribution in [-0.2, 0) is 4.74 Å². The Kier molecular flexibility index (Phi) is 6.11. The van der Waals surface area contributed by atoms with Crippen molar-refractivity contribution in [1.29, 1.82) is 0 Å². The minimum atomic E-state index is -2.57. The van der Waals surface area contributed by atoms with Crippen LogP contribution in [0.15, 0.2) is 0 Å². The number of ether oxygens (including phenoxy) is 1. The van der Waals surface area contributed by atoms with E-state index in [-0.39, 0.29) is 19.2 Å². The summed E-state index contributed by atoms with van der Waals surface area (Å²) in [4.78, 5) is 12.1. The zero-order chi connectivity index (χ0) is 11.1. The van der Waals surface area contributed by atoms with E-state index < -0.39 is 19.1 Å². The van der Waals surface area contributed by atoms with Crippen molar-refractivity contribution >= 4 is 6.09 Å². The van der Waals surface area contributed by atoms with Crippen LogP contribution in [0.4, 0.5) is 13.6 Å². The van der Waals surface area contributed by atoms with E-state index >= 15 is 0 Å². The molecule has 1 amide bonds. The largest absolute Gasteiger partial charge is 0.447 e. The van der Waals surface area contributed by atoms with Crippen LogP contribution in [-0.4, -0.2) is 43.2 Å². The minimum Gasteiger partial charge on any atom is -0.447 e. The highest BCUT2D eigenvalue weighted by atomic mass is 19.3. The van der Waals surface area contributed by atoms with Gasteiger partial charge in [0.1, 0.15) is 0 Å². The van der Waals surface area contributed by atoms with E-state index in [4.69, 9.17) is 10.5 Å². The Labute approximate surface area is 82.0 Å². The molecule has 0 atom stereocenters. The first kappa shape index (κ1) is 13.1. The van der Waals surface area contributed by atoms with Gasteiger partial charge in [-0.05, 0) is 13.8 Å². The van der Waals surface area contributed by atoms with Crippen molar-refractivity contribution < 1.29 is 18.3 Å². The van der Waals surface area contributed by atoms with Gasteiger partial charge in [0.05, 0.1) is 12.6 Å². The van der Waals surface area contributed by atoms with Gasteiger partial charge in [0.25, 0.3) is 6.43 Å². The molecule has 0 rings (SSSR count). The van der Waals surface area contributed by atoms with E-state index in [0.29, 0.717) is 0 Å². The second-order valence-electron chi connectivity index (χ2n) is 3.06. The van der Waals surface area contributed by atoms with Crippen molar-refractivity contribution in [2.75, 3.05) is 19.6 Å². The van der Waals surface area contributed by atoms with Gasteiger partial charge >= 0.3 is 6.09 Å². The van der Waals surface area contributed by atoms with Gasteiger partial charge in [-0.25, -0.2) is 13.6 Å². The van der Waals surface area contributed by atoms with Crippen LogP contribution in [0.3, 0.4) is 0 Å². The molecule has 0 radical (unpaired) electrons. The zero-order valence-corrected chi connectivity index (χ0v) is 8.37. The molecule has 0 bridgehead atoms. The highest BCUT2D eigenvalue weighted by Crippen LogP contribution is 2.02. The Balaban J connectivity index is 4.10. The molecule has 0 spiro atoms. The second kappa shape index (κ2) is 6.53. The first-order chi connectivity index (χ1) is 6.47. The normalized spacial score (nSPS) is 10.8. The number of nitrogens with two attached hydrogens (primary N) is 1. The molecule has 0 aliphatic heterocycles. The van der Waals surface area contributed by atoms with Crippen LogP contribution in [0.1, 0.15) is 13.8 Å². The molecule has 0 unspecified atom stereocenters. The molecular weight excluding hydrogens is 194 g/mol. The summed E-state index contributed by atoms with van der Waals surface area (Å²) in [7, 11) is 0. The first-order valence-electron chi connectivity index (χ1n) is 4.41. The third-order valence-electron chi connectivity index (χ3n) is 1.35. The fourth-order valence-corrected chi connectivity index (χ4v) is 0.856. The highest BCUT2D eigenvalue weighted by Gasteiger charge is 2.19. The predicted octanol–water partition coefficient (Wildman–Crippen LogP) is 1.06. The fraction of sp³-hybridized carbons (Fsp3) is 0.875. The topological polar surface area (TPSA) is 55.6 Å². The lowest BCUT2D eigenvalue weighted by atomic mass is 10.5. The number of halogens is 2. The van der Waals surface area contributed by atoms with E-state index in [9.17, 15) is 13.6 Å². The summed E-state index contributed by atoms with van der Waals surface area (Å²) in [6, 6.07) is 0. The molecule has 0 saturated carbocycles. The number of hydrogen-bond donors (Lipinski definition) is 1. The molecule has 2 N–H and O–H groups in total. The van der Waals surface area contributed by atoms with Gasteiger partial charge in [0.15, 0.2) is 0 Å². The number of carbonyl (C=O) groups is 1. The van der Waals surface area contributed by atoms with Gasteiger partial charge in [-0.3, -0.25) is 0 Å². The molecule has 0 aromatic heterocycles. The number of carbonyl (C=O) groups excluding carboxylic acids is 1. The van der Waals surface area contributed by atoms with E-state index in [1.54, 1.807) is 13.8 Å². The summed E-state index contributed by atoms with van der Waals surface area (Å²) in [5.41, 5.74) is 5.18. The predicted molar refractivity (Wildman–Crippen MR) is 48.2 cm³/mol. The van der Waals surface area contributed by atoms with Crippen molar-refractivity contribution in [3.8, 4) is 0 Å². The van der Waals surface area contributed by atoms with Gasteiger partial charge in [0.2, 0.25) is 0 Å². The first-order valence-corrected chi connectivity index (χ1v) is 4.41. The Bertz CT molecular complexity index is 177. The molecule has 0 aliphatic rings. The maximum Gasteiger partial charge on any atom is 0.410 e. The van der Waals surface area contributed by atoms with Gasteiger partial charge in [-0.15, -0.1) is 0 Å². The lowest BCUT2D eigenvalue weighted by Crippen LogP contribution is -2.39. The molecule has 6 heteroatoms. The average molecular weight is 210 g/mol. The molecule has 0 fully saturated rings. The summed E-state index contributed by atoms with van der Waals surface area (Å²) in [5, 5.41) is 0. The van der Waals surface area contributed by atoms with Crippen molar-refractivity contribution in [2.24, 2.45) is 5.73 Å². The smallest absolute Gasteiger partial charge is 0.410 e. The van der Waals surface area contributed by atoms with Crippen LogP contribution in [0.2, 0.25) is 0 Å². The van der Waals surface area contributed by atoms with Crippen molar-refractivity contribution in [3.05, 3.63) is 0 Å². The minimum absolute atomic E-state index is 0.0793. The van der Waals surface area contributed by atoms with Crippen molar-refractivity contribution in [1.82, 2.24) is 4.90 Å². The zero-order valence-electron chi connectivity index (χ0n) is 8.37. The maximum atomic E-state index is 12.0. The Hall–Kier alpha value is -0.910. The second-order valence-corrected chi connectivity index (χ2v) is 3.06. The van der Waals surface area contributed by atoms with Gasteiger partial charge < -0.3 is 15.4 Å². The van der Waals surface area contributed by atoms with Crippen LogP contribution in [0.25, 0.3) is 0 Å². The fourth-order valence-electron chi connectivity index (χ4n) is 0.856. The van der Waals surface area contributed by atoms with Gasteiger partial charge in [-0.2, -0.15) is 0 Å². The van der Waals surface area contributed by atoms with Crippen LogP contribution in [0, 0.1) is 0 Å². The summed E-state index contributed by atoms with van der Waals surface area (Å²) in [6.07, 6.45) is -3.63. The van der Waals surface area contributed by atoms with Crippen LogP contribution < -0.4 is 5.73 Å². The molecule has 0 aromatic carbocycles. The van der Waals surface area contributed by atoms with E-state index in [0.717, 1.165) is 4.90 Å². The van der Waals surface area contributed by atoms with Crippen LogP contribution >= 0.6 is 0 Å². The number of rotatable bonds is 5. The van der Waals surface area contributed by atoms with E-state index in [1.807, 2.05) is 0 Å². The van der Waals surface area contributed by atoms with Crippen molar-refractivity contribution in [3.63, 3.8) is 0 Å². The SMILES string of the molecule is CC(C)OC(=O)N(CCN)CC(F)F. The highest BCUT2D eigenvalue weighted by molar-refractivity contribution is 5.67. The molecule has 0 aliphatic carbocycles. The Morgan fingerprint density at radius 1 is 1.50 bits per heavy atom. The van der Waals surface area contributed by atoms with Gasteiger partial charge in [-0.1, -0.05) is 0 Å². The number of nitrogens with zero attached hydrogens (tertiary/aromatic N) is 1. The van der Waals surface area contributed by atoms with Crippen molar-refractivity contribution in [2.45, 2.75) is 26.4 Å². The summed E-state index contributed by atoms with van der Waals surface area (Å²) >= 11 is 0. The maximum absolute atomic E-state index is 12.0. The number of hydrogen-bond acceptors (Lipinski definition) is 3. The molecule has 84 valence electrons. The summed E-state index contributed by atoms with van der Waals surface area (Å²) in [6.45, 7) is 2.89. The Morgan fingerprint density at radius 2 is 2.07 bits per heavy atom. The summed E-state index contributed by atoms with van der Waals surface area (Å²) in [5.74, 6) is 0. The van der Waals surface area contributed by atoms with Crippen LogP contribution in [0.5, 0.6) is 0 Å². The lowest BCUT2D eigenvalue weighted by molar-refractivity contribution is 0.0478. The molecular formula is C8H16F2N2O2. The Morgan fingerprint density at radius 3 is 2.43 bits per heavy atom. The quantitative estimate of drug-likeness (QED) is 0.738. The monoisotopic (exact) mass is 210 g/mol. The molecule has 0 aromatic rings. The molecule has 0 saturated heterocycles. The van der Waals surface area contributed by atoms with E-state index in [2.05, 4.69) is 0 Å². The molecule has 14 heavy (non-hydrogen) atoms. The number of amides is 1. The molecule has 4 nitrogen and oxygen atoms in total. The third kappa shape index (κ3) is 5.69. The number of alkyl halides is 2. The average Bonchev–Trinajstić information content (AvgIpc) is 2.01. The molecule has 0 heterocycles. The van der Waals surface area contributed by atoms with E-state index in [1.165, 1.54) is 0 Å².